The number of carboxylic acids is 1. The topological polar surface area (TPSA) is 503 Å². The normalized spacial score (nSPS) is 11.8. The maximum absolute atomic E-state index is 10.4. The van der Waals surface area contributed by atoms with E-state index in [-0.39, 0.29) is 13.0 Å². The highest BCUT2D eigenvalue weighted by Gasteiger charge is 2.07. The fourth-order valence-electron chi connectivity index (χ4n) is 10.1. The van der Waals surface area contributed by atoms with Gasteiger partial charge in [-0.05, 0) is 0 Å². The smallest absolute Gasteiger partial charge is 0.305 e. The maximum atomic E-state index is 10.4. The van der Waals surface area contributed by atoms with Crippen LogP contribution in [0.2, 0.25) is 0 Å². The molecule has 0 aromatic rings. The Kier molecular flexibility index (Phi) is 135. The van der Waals surface area contributed by atoms with Crippen LogP contribution in [0.1, 0.15) is 6.42 Å². The number of carbonyl (C=O) groups is 1. The fourth-order valence-corrected chi connectivity index (χ4v) is 10.1. The first kappa shape index (κ1) is 141. The van der Waals surface area contributed by atoms with Crippen LogP contribution in [0.25, 0.3) is 0 Å². The molecule has 0 fully saturated rings. The minimum atomic E-state index is -0.883. The van der Waals surface area contributed by atoms with Gasteiger partial charge in [-0.1, -0.05) is 0 Å². The van der Waals surface area contributed by atoms with Crippen LogP contribution >= 0.6 is 0 Å². The molecule has 50 nitrogen and oxygen atoms in total. The van der Waals surface area contributed by atoms with E-state index in [1.165, 1.54) is 0 Å². The highest BCUT2D eigenvalue weighted by atomic mass is 16.7. The van der Waals surface area contributed by atoms with Gasteiger partial charge in [0.2, 0.25) is 0 Å². The number of nitrogens with one attached hydrogen (secondary N) is 2. The average molecular weight is 2100 g/mol. The molecule has 0 atom stereocenters. The number of ether oxygens (including phenoxy) is 45. The van der Waals surface area contributed by atoms with E-state index in [0.717, 1.165) is 0 Å². The van der Waals surface area contributed by atoms with Crippen LogP contribution in [-0.4, -0.2) is 612 Å². The van der Waals surface area contributed by atoms with Gasteiger partial charge in [0.25, 0.3) is 0 Å². The minimum Gasteiger partial charge on any atom is -0.481 e. The Labute approximate surface area is 850 Å². The molecule has 0 heterocycles. The summed E-state index contributed by atoms with van der Waals surface area (Å²) in [7, 11) is 0. The molecule has 0 radical (unpaired) electrons. The second kappa shape index (κ2) is 138. The number of carboxylic acid groups (broad SMARTS) is 1. The van der Waals surface area contributed by atoms with E-state index >= 15 is 0 Å². The van der Waals surface area contributed by atoms with Gasteiger partial charge in [0.05, 0.1) is 601 Å². The summed E-state index contributed by atoms with van der Waals surface area (Å²) >= 11 is 0. The molecule has 0 saturated heterocycles. The van der Waals surface area contributed by atoms with E-state index in [0.29, 0.717) is 595 Å². The predicted octanol–water partition coefficient (Wildman–Crippen LogP) is -0.824. The second-order valence-corrected chi connectivity index (χ2v) is 28.8. The highest BCUT2D eigenvalue weighted by molar-refractivity contribution is 5.66. The molecule has 143 heavy (non-hydrogen) atoms. The summed E-state index contributed by atoms with van der Waals surface area (Å²) in [6.45, 7) is 42.9. The van der Waals surface area contributed by atoms with Crippen LogP contribution in [-0.2, 0) is 218 Å². The molecule has 0 rings (SSSR count). The SMILES string of the molecule is NNNCCOCCOCCOCCOCCOCCOCCOCCOCCOCCOCCOCCOCCOCCOCCOCCOCCOCCOCCOCCOCCOCCOCCOCCOCCOCCOCCOCCOCCOCCOCCOCCOCCOCCOCCOCCOCCOCCOCCOCCOCCOCCOCCOCCOCCOCCC(=O)O. The minimum absolute atomic E-state index is 0.0137. The van der Waals surface area contributed by atoms with Crippen molar-refractivity contribution in [3.8, 4) is 0 Å². The van der Waals surface area contributed by atoms with Crippen molar-refractivity contribution < 1.29 is 223 Å². The Bertz CT molecular complexity index is 2020. The zero-order valence-electron chi connectivity index (χ0n) is 86.4. The number of rotatable bonds is 139. The van der Waals surface area contributed by atoms with E-state index in [1.807, 2.05) is 0 Å². The van der Waals surface area contributed by atoms with E-state index < -0.39 is 5.97 Å². The van der Waals surface area contributed by atoms with E-state index in [2.05, 4.69) is 11.0 Å². The third kappa shape index (κ3) is 140. The molecule has 0 unspecified atom stereocenters. The Hall–Kier alpha value is -2.45. The van der Waals surface area contributed by atoms with Crippen LogP contribution in [0.5, 0.6) is 0 Å². The molecule has 0 amide bonds. The average Bonchev–Trinajstić information content (AvgIpc) is 1.09. The van der Waals surface area contributed by atoms with Crippen LogP contribution in [0.4, 0.5) is 0 Å². The van der Waals surface area contributed by atoms with Gasteiger partial charge < -0.3 is 218 Å². The van der Waals surface area contributed by atoms with Crippen LogP contribution in [0.15, 0.2) is 0 Å². The molecule has 0 spiro atoms. The summed E-state index contributed by atoms with van der Waals surface area (Å²) in [6, 6.07) is 0. The third-order valence-corrected chi connectivity index (χ3v) is 17.3. The molecule has 5 N–H and O–H groups in total. The molecule has 0 aromatic carbocycles. The molecule has 50 heteroatoms. The summed E-state index contributed by atoms with van der Waals surface area (Å²) in [5.74, 6) is 4.21. The Morgan fingerprint density at radius 3 is 0.245 bits per heavy atom. The first-order valence-electron chi connectivity index (χ1n) is 50.7. The second-order valence-electron chi connectivity index (χ2n) is 28.8. The van der Waals surface area contributed by atoms with Gasteiger partial charge in [-0.15, -0.1) is 0 Å². The zero-order valence-corrected chi connectivity index (χ0v) is 86.4. The first-order valence-corrected chi connectivity index (χ1v) is 50.7. The third-order valence-electron chi connectivity index (χ3n) is 17.3. The monoisotopic (exact) mass is 2100 g/mol. The number of hydrogen-bond donors (Lipinski definition) is 4. The van der Waals surface area contributed by atoms with Crippen molar-refractivity contribution in [2.24, 2.45) is 5.84 Å². The molecular weight excluding hydrogens is 1910 g/mol. The van der Waals surface area contributed by atoms with E-state index in [4.69, 9.17) is 224 Å². The van der Waals surface area contributed by atoms with E-state index in [9.17, 15) is 4.79 Å². The summed E-state index contributed by atoms with van der Waals surface area (Å²) in [5.41, 5.74) is 5.07. The lowest BCUT2D eigenvalue weighted by atomic mass is 10.5. The molecule has 0 aromatic heterocycles. The van der Waals surface area contributed by atoms with Gasteiger partial charge in [0.15, 0.2) is 0 Å². The van der Waals surface area contributed by atoms with Crippen LogP contribution in [0, 0.1) is 0 Å². The van der Waals surface area contributed by atoms with Crippen molar-refractivity contribution >= 4 is 5.97 Å². The maximum Gasteiger partial charge on any atom is 0.305 e. The van der Waals surface area contributed by atoms with Gasteiger partial charge in [0.1, 0.15) is 0 Å². The predicted molar refractivity (Wildman–Crippen MR) is 514 cm³/mol. The molecule has 0 aliphatic heterocycles. The van der Waals surface area contributed by atoms with Gasteiger partial charge in [-0.25, -0.2) is 5.43 Å². The fraction of sp³-hybridized carbons (Fsp3) is 0.989. The van der Waals surface area contributed by atoms with Crippen molar-refractivity contribution in [3.63, 3.8) is 0 Å². The first-order chi connectivity index (χ1) is 71.3. The standard InChI is InChI=1S/C93H189N3O47/c94-96-95-2-4-100-6-8-102-10-12-104-14-16-106-18-20-108-22-24-110-26-28-112-30-32-114-34-36-116-38-40-118-42-44-120-46-48-122-50-52-124-54-56-126-58-60-128-62-64-130-66-68-132-70-72-134-74-76-136-78-80-138-82-84-140-86-88-142-90-92-143-91-89-141-87-85-139-83-81-137-79-77-135-75-73-133-71-69-131-67-65-129-63-61-127-59-57-125-55-53-123-51-49-121-47-45-119-43-41-117-39-37-115-35-33-113-31-29-111-27-25-109-23-21-107-19-17-105-15-13-103-11-9-101-7-5-99-3-1-93(97)98/h95-96H,1-92,94H2,(H,97,98). The number of aliphatic carboxylic acids is 1. The quantitative estimate of drug-likeness (QED) is 0.0328. The molecule has 0 bridgehead atoms. The van der Waals surface area contributed by atoms with Gasteiger partial charge >= 0.3 is 5.97 Å². The van der Waals surface area contributed by atoms with Gasteiger partial charge in [0, 0.05) is 6.54 Å². The summed E-state index contributed by atoms with van der Waals surface area (Å²) < 4.78 is 248. The zero-order chi connectivity index (χ0) is 102. The molecule has 0 aliphatic carbocycles. The Morgan fingerprint density at radius 1 is 0.119 bits per heavy atom. The highest BCUT2D eigenvalue weighted by Crippen LogP contribution is 1.98. The lowest BCUT2D eigenvalue weighted by Gasteiger charge is -2.09. The molecule has 0 saturated carbocycles. The van der Waals surface area contributed by atoms with Crippen molar-refractivity contribution in [2.45, 2.75) is 6.42 Å². The Balaban J connectivity index is 3.11. The molecular formula is C93H189N3O47. The molecule has 0 aliphatic rings. The molecule has 858 valence electrons. The van der Waals surface area contributed by atoms with Crippen LogP contribution in [0.3, 0.4) is 0 Å². The van der Waals surface area contributed by atoms with Gasteiger partial charge in [-0.2, -0.15) is 5.53 Å². The summed E-state index contributed by atoms with van der Waals surface area (Å²) in [4.78, 5) is 10.4. The summed E-state index contributed by atoms with van der Waals surface area (Å²) in [6.07, 6.45) is -0.0137. The van der Waals surface area contributed by atoms with Crippen molar-refractivity contribution in [3.05, 3.63) is 0 Å². The van der Waals surface area contributed by atoms with Crippen molar-refractivity contribution in [1.82, 2.24) is 11.0 Å². The largest absolute Gasteiger partial charge is 0.481 e. The van der Waals surface area contributed by atoms with Crippen molar-refractivity contribution in [2.75, 3.05) is 601 Å². The lowest BCUT2D eigenvalue weighted by molar-refractivity contribution is -0.138. The number of nitrogens with two attached hydrogens (primary N) is 1. The van der Waals surface area contributed by atoms with Gasteiger partial charge in [-0.3, -0.25) is 10.6 Å². The number of hydrogen-bond acceptors (Lipinski definition) is 49. The lowest BCUT2D eigenvalue weighted by Crippen LogP contribution is -2.39. The number of hydrazine groups is 2. The Morgan fingerprint density at radius 2 is 0.182 bits per heavy atom. The van der Waals surface area contributed by atoms with E-state index in [1.54, 1.807) is 0 Å². The van der Waals surface area contributed by atoms with Crippen molar-refractivity contribution in [1.29, 1.82) is 0 Å². The summed E-state index contributed by atoms with van der Waals surface area (Å²) in [5, 5.41) is 8.54. The van der Waals surface area contributed by atoms with Crippen LogP contribution < -0.4 is 16.8 Å².